The van der Waals surface area contributed by atoms with Gasteiger partial charge in [-0.05, 0) is 26.0 Å². The van der Waals surface area contributed by atoms with Gasteiger partial charge >= 0.3 is 0 Å². The molecule has 3 unspecified atom stereocenters. The second kappa shape index (κ2) is 5.23. The first-order valence-electron chi connectivity index (χ1n) is 8.87. The highest BCUT2D eigenvalue weighted by molar-refractivity contribution is 6.03. The molecule has 0 saturated carbocycles. The van der Waals surface area contributed by atoms with Crippen LogP contribution in [-0.2, 0) is 14.3 Å². The standard InChI is InChI=1S/C19H20N2O5/c1-10(2)20-17(22)15-13-5-6-19(26-13)8-21(18(23)16(15)19)11-3-4-12-14(7-11)25-9-24-12/h3-7,10,13,15-16H,8-9H2,1-2H3,(H,20,22)/t13-,15?,16?,19?/m1/s1. The summed E-state index contributed by atoms with van der Waals surface area (Å²) in [5, 5.41) is 2.93. The Morgan fingerprint density at radius 3 is 2.92 bits per heavy atom. The van der Waals surface area contributed by atoms with Crippen LogP contribution in [0.25, 0.3) is 0 Å². The number of nitrogens with zero attached hydrogens (tertiary/aromatic N) is 1. The summed E-state index contributed by atoms with van der Waals surface area (Å²) in [4.78, 5) is 27.6. The van der Waals surface area contributed by atoms with Crippen molar-refractivity contribution >= 4 is 17.5 Å². The van der Waals surface area contributed by atoms with Crippen LogP contribution in [0.4, 0.5) is 5.69 Å². The predicted molar refractivity (Wildman–Crippen MR) is 91.9 cm³/mol. The number of nitrogens with one attached hydrogen (secondary N) is 1. The van der Waals surface area contributed by atoms with Gasteiger partial charge in [-0.2, -0.15) is 0 Å². The monoisotopic (exact) mass is 356 g/mol. The van der Waals surface area contributed by atoms with Crippen LogP contribution < -0.4 is 19.7 Å². The number of anilines is 1. The highest BCUT2D eigenvalue weighted by Gasteiger charge is 2.67. The van der Waals surface area contributed by atoms with Gasteiger partial charge in [-0.25, -0.2) is 0 Å². The number of hydrogen-bond acceptors (Lipinski definition) is 5. The predicted octanol–water partition coefficient (Wildman–Crippen LogP) is 1.23. The summed E-state index contributed by atoms with van der Waals surface area (Å²) < 4.78 is 16.9. The fourth-order valence-corrected chi connectivity index (χ4v) is 4.45. The van der Waals surface area contributed by atoms with Gasteiger partial charge in [0.15, 0.2) is 11.5 Å². The number of carbonyl (C=O) groups is 2. The quantitative estimate of drug-likeness (QED) is 0.825. The van der Waals surface area contributed by atoms with Gasteiger partial charge in [-0.3, -0.25) is 9.59 Å². The van der Waals surface area contributed by atoms with Crippen molar-refractivity contribution in [1.82, 2.24) is 5.32 Å². The summed E-state index contributed by atoms with van der Waals surface area (Å²) in [7, 11) is 0. The largest absolute Gasteiger partial charge is 0.454 e. The Morgan fingerprint density at radius 1 is 1.31 bits per heavy atom. The molecule has 7 nitrogen and oxygen atoms in total. The fraction of sp³-hybridized carbons (Fsp3) is 0.474. The Morgan fingerprint density at radius 2 is 2.12 bits per heavy atom. The molecule has 5 rings (SSSR count). The lowest BCUT2D eigenvalue weighted by Gasteiger charge is -2.24. The number of amides is 2. The second-order valence-corrected chi connectivity index (χ2v) is 7.53. The van der Waals surface area contributed by atoms with E-state index < -0.39 is 17.4 Å². The summed E-state index contributed by atoms with van der Waals surface area (Å²) in [5.74, 6) is 0.0991. The molecule has 26 heavy (non-hydrogen) atoms. The third-order valence-corrected chi connectivity index (χ3v) is 5.50. The van der Waals surface area contributed by atoms with Crippen molar-refractivity contribution < 1.29 is 23.8 Å². The van der Waals surface area contributed by atoms with Gasteiger partial charge in [0.2, 0.25) is 18.6 Å². The van der Waals surface area contributed by atoms with E-state index in [0.717, 1.165) is 5.69 Å². The summed E-state index contributed by atoms with van der Waals surface area (Å²) >= 11 is 0. The van der Waals surface area contributed by atoms with E-state index in [0.29, 0.717) is 18.0 Å². The Hall–Kier alpha value is -2.54. The molecule has 1 N–H and O–H groups in total. The van der Waals surface area contributed by atoms with Crippen LogP contribution in [0.3, 0.4) is 0 Å². The molecule has 1 spiro atoms. The first kappa shape index (κ1) is 15.7. The van der Waals surface area contributed by atoms with Crippen molar-refractivity contribution in [3.8, 4) is 11.5 Å². The Bertz CT molecular complexity index is 835. The topological polar surface area (TPSA) is 77.1 Å². The normalized spacial score (nSPS) is 33.3. The molecule has 2 amide bonds. The minimum atomic E-state index is -0.725. The van der Waals surface area contributed by atoms with Crippen molar-refractivity contribution in [1.29, 1.82) is 0 Å². The molecule has 4 atom stereocenters. The van der Waals surface area contributed by atoms with E-state index >= 15 is 0 Å². The van der Waals surface area contributed by atoms with Crippen LogP contribution >= 0.6 is 0 Å². The highest BCUT2D eigenvalue weighted by atomic mass is 16.7. The van der Waals surface area contributed by atoms with Crippen LogP contribution in [0.2, 0.25) is 0 Å². The van der Waals surface area contributed by atoms with E-state index in [1.165, 1.54) is 0 Å². The Kier molecular flexibility index (Phi) is 3.16. The zero-order chi connectivity index (χ0) is 18.1. The molecular formula is C19H20N2O5. The minimum absolute atomic E-state index is 0.0167. The summed E-state index contributed by atoms with van der Waals surface area (Å²) in [6.07, 6.45) is 3.53. The second-order valence-electron chi connectivity index (χ2n) is 7.53. The van der Waals surface area contributed by atoms with Crippen molar-refractivity contribution in [2.45, 2.75) is 31.6 Å². The van der Waals surface area contributed by atoms with Crippen LogP contribution in [0.5, 0.6) is 11.5 Å². The molecule has 4 heterocycles. The molecule has 1 aromatic carbocycles. The van der Waals surface area contributed by atoms with Gasteiger partial charge in [-0.15, -0.1) is 0 Å². The number of rotatable bonds is 3. The van der Waals surface area contributed by atoms with Crippen LogP contribution in [0.15, 0.2) is 30.4 Å². The summed E-state index contributed by atoms with van der Waals surface area (Å²) in [5.41, 5.74) is 0.00314. The molecule has 4 aliphatic rings. The molecule has 0 radical (unpaired) electrons. The van der Waals surface area contributed by atoms with Gasteiger partial charge in [0.25, 0.3) is 0 Å². The highest BCUT2D eigenvalue weighted by Crippen LogP contribution is 2.53. The van der Waals surface area contributed by atoms with Gasteiger partial charge in [0.05, 0.1) is 24.5 Å². The van der Waals surface area contributed by atoms with Crippen molar-refractivity contribution in [3.05, 3.63) is 30.4 Å². The van der Waals surface area contributed by atoms with Crippen LogP contribution in [0, 0.1) is 11.8 Å². The van der Waals surface area contributed by atoms with E-state index in [9.17, 15) is 9.59 Å². The first-order valence-corrected chi connectivity index (χ1v) is 8.87. The van der Waals surface area contributed by atoms with Crippen LogP contribution in [-0.4, -0.2) is 42.9 Å². The maximum Gasteiger partial charge on any atom is 0.234 e. The molecule has 2 fully saturated rings. The van der Waals surface area contributed by atoms with Gasteiger partial charge in [-0.1, -0.05) is 12.2 Å². The fourth-order valence-electron chi connectivity index (χ4n) is 4.45. The lowest BCUT2D eigenvalue weighted by molar-refractivity contribution is -0.132. The van der Waals surface area contributed by atoms with Crippen molar-refractivity contribution in [2.75, 3.05) is 18.2 Å². The number of benzene rings is 1. The third-order valence-electron chi connectivity index (χ3n) is 5.50. The molecule has 2 saturated heterocycles. The van der Waals surface area contributed by atoms with Gasteiger partial charge in [0, 0.05) is 17.8 Å². The Labute approximate surface area is 150 Å². The maximum absolute atomic E-state index is 13.2. The van der Waals surface area contributed by atoms with Gasteiger partial charge in [0.1, 0.15) is 5.60 Å². The van der Waals surface area contributed by atoms with E-state index in [-0.39, 0.29) is 30.8 Å². The molecule has 1 aromatic rings. The number of fused-ring (bicyclic) bond motifs is 2. The zero-order valence-corrected chi connectivity index (χ0v) is 14.6. The van der Waals surface area contributed by atoms with Crippen molar-refractivity contribution in [3.63, 3.8) is 0 Å². The number of carbonyl (C=O) groups excluding carboxylic acids is 2. The minimum Gasteiger partial charge on any atom is -0.454 e. The van der Waals surface area contributed by atoms with Gasteiger partial charge < -0.3 is 24.4 Å². The lowest BCUT2D eigenvalue weighted by Crippen LogP contribution is -2.45. The number of hydrogen-bond donors (Lipinski definition) is 1. The van der Waals surface area contributed by atoms with E-state index in [2.05, 4.69) is 5.32 Å². The molecule has 4 aliphatic heterocycles. The molecule has 2 bridgehead atoms. The SMILES string of the molecule is CC(C)NC(=O)C1C2C(=O)N(c3ccc4c(c3)OCO4)CC23C=C[C@H]1O3. The van der Waals surface area contributed by atoms with E-state index in [1.807, 2.05) is 32.1 Å². The first-order chi connectivity index (χ1) is 12.5. The maximum atomic E-state index is 13.2. The lowest BCUT2D eigenvalue weighted by atomic mass is 9.76. The van der Waals surface area contributed by atoms with Crippen LogP contribution in [0.1, 0.15) is 13.8 Å². The average Bonchev–Trinajstić information content (AvgIpc) is 3.33. The molecule has 0 aliphatic carbocycles. The molecule has 7 heteroatoms. The van der Waals surface area contributed by atoms with E-state index in [1.54, 1.807) is 17.0 Å². The summed E-state index contributed by atoms with van der Waals surface area (Å²) in [6.45, 7) is 4.40. The van der Waals surface area contributed by atoms with Crippen molar-refractivity contribution in [2.24, 2.45) is 11.8 Å². The third kappa shape index (κ3) is 2.03. The molecule has 0 aromatic heterocycles. The zero-order valence-electron chi connectivity index (χ0n) is 14.6. The molecular weight excluding hydrogens is 336 g/mol. The smallest absolute Gasteiger partial charge is 0.234 e. The summed E-state index contributed by atoms with van der Waals surface area (Å²) in [6, 6.07) is 5.45. The average molecular weight is 356 g/mol. The number of ether oxygens (including phenoxy) is 3. The molecule has 136 valence electrons. The van der Waals surface area contributed by atoms with E-state index in [4.69, 9.17) is 14.2 Å². The Balaban J connectivity index is 1.48.